The molecule has 37 heavy (non-hydrogen) atoms. The molecule has 9 heteroatoms. The molecule has 1 saturated heterocycles. The predicted octanol–water partition coefficient (Wildman–Crippen LogP) is 5.54. The molecular formula is C28H30N8O. The van der Waals surface area contributed by atoms with Crippen LogP contribution in [0.3, 0.4) is 0 Å². The van der Waals surface area contributed by atoms with Gasteiger partial charge in [0.15, 0.2) is 5.82 Å². The highest BCUT2D eigenvalue weighted by Crippen LogP contribution is 2.33. The zero-order chi connectivity index (χ0) is 25.4. The quantitative estimate of drug-likeness (QED) is 0.286. The molecule has 1 aliphatic heterocycles. The molecule has 5 aromatic rings. The highest BCUT2D eigenvalue weighted by Gasteiger charge is 2.19. The first-order valence-corrected chi connectivity index (χ1v) is 12.9. The molecule has 1 aromatic carbocycles. The molecule has 188 valence electrons. The van der Waals surface area contributed by atoms with Gasteiger partial charge in [-0.3, -0.25) is 19.9 Å². The van der Waals surface area contributed by atoms with Crippen LogP contribution in [0.15, 0.2) is 49.1 Å². The van der Waals surface area contributed by atoms with Crippen LogP contribution >= 0.6 is 0 Å². The fourth-order valence-corrected chi connectivity index (χ4v) is 5.02. The van der Waals surface area contributed by atoms with Gasteiger partial charge in [0.05, 0.1) is 41.0 Å². The third kappa shape index (κ3) is 4.64. The summed E-state index contributed by atoms with van der Waals surface area (Å²) in [7, 11) is 0. The van der Waals surface area contributed by atoms with E-state index < -0.39 is 0 Å². The Kier molecular flexibility index (Phi) is 6.04. The van der Waals surface area contributed by atoms with Crippen molar-refractivity contribution >= 4 is 39.2 Å². The van der Waals surface area contributed by atoms with Crippen molar-refractivity contribution in [3.63, 3.8) is 0 Å². The minimum atomic E-state index is -0.00943. The number of anilines is 2. The van der Waals surface area contributed by atoms with E-state index in [-0.39, 0.29) is 5.91 Å². The Morgan fingerprint density at radius 2 is 1.84 bits per heavy atom. The van der Waals surface area contributed by atoms with Gasteiger partial charge in [0.2, 0.25) is 5.91 Å². The third-order valence-electron chi connectivity index (χ3n) is 6.81. The van der Waals surface area contributed by atoms with Crippen molar-refractivity contribution in [3.8, 4) is 22.6 Å². The van der Waals surface area contributed by atoms with Crippen LogP contribution in [0.4, 0.5) is 11.4 Å². The number of carbonyl (C=O) groups is 1. The molecule has 6 rings (SSSR count). The predicted molar refractivity (Wildman–Crippen MR) is 146 cm³/mol. The minimum absolute atomic E-state index is 0.00943. The van der Waals surface area contributed by atoms with Gasteiger partial charge in [-0.1, -0.05) is 19.9 Å². The van der Waals surface area contributed by atoms with Crippen molar-refractivity contribution in [1.29, 1.82) is 0 Å². The van der Waals surface area contributed by atoms with Crippen molar-refractivity contribution in [1.82, 2.24) is 30.1 Å². The number of amides is 1. The Balaban J connectivity index is 1.35. The highest BCUT2D eigenvalue weighted by molar-refractivity contribution is 5.97. The van der Waals surface area contributed by atoms with Gasteiger partial charge in [-0.2, -0.15) is 5.10 Å². The molecule has 0 bridgehead atoms. The van der Waals surface area contributed by atoms with Gasteiger partial charge in [-0.25, -0.2) is 4.98 Å². The summed E-state index contributed by atoms with van der Waals surface area (Å²) in [5.74, 6) is 0.991. The van der Waals surface area contributed by atoms with Gasteiger partial charge in [-0.05, 0) is 48.9 Å². The molecule has 5 heterocycles. The number of aromatic amines is 2. The van der Waals surface area contributed by atoms with Crippen LogP contribution in [0.5, 0.6) is 0 Å². The zero-order valence-electron chi connectivity index (χ0n) is 21.1. The summed E-state index contributed by atoms with van der Waals surface area (Å²) in [6.45, 7) is 6.11. The molecule has 0 atom stereocenters. The van der Waals surface area contributed by atoms with Crippen LogP contribution in [0.2, 0.25) is 0 Å². The molecule has 0 radical (unpaired) electrons. The normalized spacial score (nSPS) is 14.1. The number of fused-ring (bicyclic) bond motifs is 2. The molecule has 0 unspecified atom stereocenters. The summed E-state index contributed by atoms with van der Waals surface area (Å²) >= 11 is 0. The van der Waals surface area contributed by atoms with E-state index in [1.54, 1.807) is 12.4 Å². The van der Waals surface area contributed by atoms with E-state index in [0.29, 0.717) is 23.9 Å². The van der Waals surface area contributed by atoms with Gasteiger partial charge in [-0.15, -0.1) is 0 Å². The zero-order valence-corrected chi connectivity index (χ0v) is 21.1. The first-order chi connectivity index (χ1) is 18.0. The Bertz CT molecular complexity index is 1580. The summed E-state index contributed by atoms with van der Waals surface area (Å²) < 4.78 is 0. The monoisotopic (exact) mass is 494 g/mol. The minimum Gasteiger partial charge on any atom is -0.368 e. The molecule has 1 amide bonds. The number of carbonyl (C=O) groups excluding carboxylic acids is 1. The molecule has 3 N–H and O–H groups in total. The first-order valence-electron chi connectivity index (χ1n) is 12.9. The summed E-state index contributed by atoms with van der Waals surface area (Å²) in [4.78, 5) is 31.8. The number of hydrogen-bond acceptors (Lipinski definition) is 6. The summed E-state index contributed by atoms with van der Waals surface area (Å²) in [5, 5.41) is 11.6. The average Bonchev–Trinajstić information content (AvgIpc) is 3.52. The maximum atomic E-state index is 12.2. The lowest BCUT2D eigenvalue weighted by Crippen LogP contribution is -2.29. The summed E-state index contributed by atoms with van der Waals surface area (Å²) in [6.07, 6.45) is 11.3. The topological polar surface area (TPSA) is 115 Å². The third-order valence-corrected chi connectivity index (χ3v) is 6.81. The molecular weight excluding hydrogens is 464 g/mol. The second kappa shape index (κ2) is 9.65. The Hall–Kier alpha value is -4.27. The van der Waals surface area contributed by atoms with Crippen LogP contribution in [0, 0.1) is 5.92 Å². The van der Waals surface area contributed by atoms with Crippen molar-refractivity contribution in [2.24, 2.45) is 5.92 Å². The second-order valence-corrected chi connectivity index (χ2v) is 10.1. The van der Waals surface area contributed by atoms with Crippen molar-refractivity contribution in [2.75, 3.05) is 23.3 Å². The first kappa shape index (κ1) is 23.1. The molecule has 1 fully saturated rings. The Morgan fingerprint density at radius 3 is 2.68 bits per heavy atom. The SMILES string of the molecule is CC(C)CC(=O)Nc1cncc(-c2ccc3[nH]nc(-c4nc5c(N6CCCCC6)cncc5[nH]4)c3c2)c1. The average molecular weight is 495 g/mol. The lowest BCUT2D eigenvalue weighted by molar-refractivity contribution is -0.116. The van der Waals surface area contributed by atoms with Crippen LogP contribution in [-0.2, 0) is 4.79 Å². The molecule has 0 aliphatic carbocycles. The molecule has 0 saturated carbocycles. The smallest absolute Gasteiger partial charge is 0.224 e. The van der Waals surface area contributed by atoms with E-state index in [2.05, 4.69) is 41.4 Å². The van der Waals surface area contributed by atoms with E-state index in [1.807, 2.05) is 44.4 Å². The van der Waals surface area contributed by atoms with Crippen molar-refractivity contribution < 1.29 is 4.79 Å². The lowest BCUT2D eigenvalue weighted by Gasteiger charge is -2.28. The number of nitrogens with zero attached hydrogens (tertiary/aromatic N) is 5. The number of pyridine rings is 2. The molecule has 0 spiro atoms. The van der Waals surface area contributed by atoms with E-state index in [9.17, 15) is 4.79 Å². The number of imidazole rings is 1. The number of benzene rings is 1. The van der Waals surface area contributed by atoms with Crippen LogP contribution in [0.1, 0.15) is 39.5 Å². The Labute approximate surface area is 214 Å². The van der Waals surface area contributed by atoms with Crippen LogP contribution < -0.4 is 10.2 Å². The van der Waals surface area contributed by atoms with Gasteiger partial charge in [0.25, 0.3) is 0 Å². The molecule has 4 aromatic heterocycles. The fraction of sp³-hybridized carbons (Fsp3) is 0.321. The number of aromatic nitrogens is 6. The van der Waals surface area contributed by atoms with Gasteiger partial charge >= 0.3 is 0 Å². The highest BCUT2D eigenvalue weighted by atomic mass is 16.1. The van der Waals surface area contributed by atoms with Gasteiger partial charge in [0.1, 0.15) is 11.2 Å². The maximum Gasteiger partial charge on any atom is 0.224 e. The van der Waals surface area contributed by atoms with Crippen molar-refractivity contribution in [2.45, 2.75) is 39.5 Å². The number of nitrogens with one attached hydrogen (secondary N) is 3. The standard InChI is InChI=1S/C28H30N8O/c1-17(2)10-25(37)31-20-11-19(13-29-14-20)18-6-7-22-21(12-18)26(35-34-22)28-32-23-15-30-16-24(27(23)33-28)36-8-4-3-5-9-36/h6-7,11-17H,3-5,8-10H2,1-2H3,(H,31,37)(H,32,33)(H,34,35). The number of hydrogen-bond donors (Lipinski definition) is 3. The number of rotatable bonds is 6. The number of H-pyrrole nitrogens is 2. The second-order valence-electron chi connectivity index (χ2n) is 10.1. The van der Waals surface area contributed by atoms with Crippen LogP contribution in [-0.4, -0.2) is 49.1 Å². The van der Waals surface area contributed by atoms with Crippen LogP contribution in [0.25, 0.3) is 44.6 Å². The molecule has 9 nitrogen and oxygen atoms in total. The van der Waals surface area contributed by atoms with E-state index >= 15 is 0 Å². The lowest BCUT2D eigenvalue weighted by atomic mass is 10.0. The largest absolute Gasteiger partial charge is 0.368 e. The van der Waals surface area contributed by atoms with E-state index in [0.717, 1.165) is 57.5 Å². The van der Waals surface area contributed by atoms with Gasteiger partial charge in [0, 0.05) is 36.7 Å². The number of piperidine rings is 1. The summed E-state index contributed by atoms with van der Waals surface area (Å²) in [5.41, 5.74) is 7.16. The maximum absolute atomic E-state index is 12.2. The van der Waals surface area contributed by atoms with Crippen molar-refractivity contribution in [3.05, 3.63) is 49.1 Å². The Morgan fingerprint density at radius 1 is 1.00 bits per heavy atom. The fourth-order valence-electron chi connectivity index (χ4n) is 5.02. The van der Waals surface area contributed by atoms with Gasteiger partial charge < -0.3 is 15.2 Å². The summed E-state index contributed by atoms with van der Waals surface area (Å²) in [6, 6.07) is 8.07. The molecule has 1 aliphatic rings. The van der Waals surface area contributed by atoms with E-state index in [4.69, 9.17) is 4.98 Å². The van der Waals surface area contributed by atoms with E-state index in [1.165, 1.54) is 19.3 Å².